The van der Waals surface area contributed by atoms with Crippen molar-refractivity contribution in [3.8, 4) is 0 Å². The Balaban J connectivity index is 1.71. The van der Waals surface area contributed by atoms with Gasteiger partial charge < -0.3 is 9.47 Å². The molecule has 2 unspecified atom stereocenters. The van der Waals surface area contributed by atoms with Crippen LogP contribution in [-0.4, -0.2) is 76.2 Å². The Labute approximate surface area is 164 Å². The molecule has 9 heteroatoms. The second kappa shape index (κ2) is 7.94. The summed E-state index contributed by atoms with van der Waals surface area (Å²) in [7, 11) is 1.86. The van der Waals surface area contributed by atoms with Gasteiger partial charge in [-0.2, -0.15) is 5.10 Å². The van der Waals surface area contributed by atoms with Gasteiger partial charge in [-0.25, -0.2) is 13.6 Å². The van der Waals surface area contributed by atoms with Crippen molar-refractivity contribution in [3.05, 3.63) is 18.0 Å². The topological polar surface area (TPSA) is 59.8 Å². The number of alkyl halides is 2. The molecule has 1 amide bonds. The maximum Gasteiger partial charge on any atom is 0.412 e. The van der Waals surface area contributed by atoms with E-state index in [4.69, 9.17) is 9.47 Å². The number of carbonyl (C=O) groups excluding carboxylic acids is 1. The van der Waals surface area contributed by atoms with Crippen molar-refractivity contribution >= 4 is 6.09 Å². The molecule has 2 aliphatic rings. The first-order valence-corrected chi connectivity index (χ1v) is 9.67. The van der Waals surface area contributed by atoms with Crippen molar-refractivity contribution in [1.29, 1.82) is 0 Å². The summed E-state index contributed by atoms with van der Waals surface area (Å²) in [6.07, 6.45) is 0.212. The molecule has 3 rings (SSSR count). The molecular weight excluding hydrogens is 370 g/mol. The Morgan fingerprint density at radius 2 is 2.21 bits per heavy atom. The van der Waals surface area contributed by atoms with Gasteiger partial charge in [-0.05, 0) is 39.7 Å². The number of halogens is 2. The quantitative estimate of drug-likeness (QED) is 0.781. The average Bonchev–Trinajstić information content (AvgIpc) is 2.99. The van der Waals surface area contributed by atoms with E-state index in [0.29, 0.717) is 32.5 Å². The van der Waals surface area contributed by atoms with Crippen molar-refractivity contribution in [1.82, 2.24) is 19.6 Å². The molecule has 0 aliphatic carbocycles. The number of ether oxygens (including phenoxy) is 2. The molecule has 2 aliphatic heterocycles. The number of piperidine rings is 1. The standard InChI is InChI=1S/C19H30F2N4O3/c1-18(2,3)28-17(26)25-8-6-19(27-13-25)9-14(15-5-7-22-23(15)4)10-24(12-19)11-16(20)21/h5,7,14,16H,6,8-13H2,1-4H3. The fourth-order valence-electron chi connectivity index (χ4n) is 4.13. The number of rotatable bonds is 3. The van der Waals surface area contributed by atoms with Gasteiger partial charge in [0.1, 0.15) is 12.3 Å². The number of aryl methyl sites for hydroxylation is 1. The minimum absolute atomic E-state index is 0.0491. The highest BCUT2D eigenvalue weighted by Crippen LogP contribution is 2.39. The molecule has 0 radical (unpaired) electrons. The molecular formula is C19H30F2N4O3. The highest BCUT2D eigenvalue weighted by Gasteiger charge is 2.45. The second-order valence-electron chi connectivity index (χ2n) is 8.82. The van der Waals surface area contributed by atoms with Crippen LogP contribution in [-0.2, 0) is 16.5 Å². The Bertz CT molecular complexity index is 681. The Hall–Kier alpha value is -1.74. The second-order valence-corrected chi connectivity index (χ2v) is 8.82. The lowest BCUT2D eigenvalue weighted by molar-refractivity contribution is -0.165. The Morgan fingerprint density at radius 1 is 1.46 bits per heavy atom. The number of carbonyl (C=O) groups is 1. The van der Waals surface area contributed by atoms with Crippen LogP contribution >= 0.6 is 0 Å². The average molecular weight is 400 g/mol. The van der Waals surface area contributed by atoms with E-state index in [0.717, 1.165) is 5.69 Å². The van der Waals surface area contributed by atoms with E-state index in [9.17, 15) is 13.6 Å². The molecule has 2 fully saturated rings. The number of aromatic nitrogens is 2. The molecule has 1 aromatic heterocycles. The molecule has 1 spiro atoms. The van der Waals surface area contributed by atoms with Crippen LogP contribution in [0.3, 0.4) is 0 Å². The first-order chi connectivity index (χ1) is 13.1. The van der Waals surface area contributed by atoms with Crippen LogP contribution < -0.4 is 0 Å². The SMILES string of the molecule is Cn1nccc1C1CN(CC(F)F)CC2(CCN(C(=O)OC(C)(C)C)CO2)C1. The number of nitrogens with zero attached hydrogens (tertiary/aromatic N) is 4. The summed E-state index contributed by atoms with van der Waals surface area (Å²) in [5.74, 6) is 0.0491. The normalized spacial score (nSPS) is 26.8. The van der Waals surface area contributed by atoms with E-state index in [2.05, 4.69) is 5.10 Å². The summed E-state index contributed by atoms with van der Waals surface area (Å²) in [4.78, 5) is 15.6. The molecule has 0 saturated carbocycles. The molecule has 0 bridgehead atoms. The van der Waals surface area contributed by atoms with E-state index in [1.165, 1.54) is 4.90 Å². The lowest BCUT2D eigenvalue weighted by Gasteiger charge is -2.49. The van der Waals surface area contributed by atoms with Crippen molar-refractivity contribution in [2.24, 2.45) is 7.05 Å². The lowest BCUT2D eigenvalue weighted by atomic mass is 9.80. The summed E-state index contributed by atoms with van der Waals surface area (Å²) in [5, 5.41) is 4.22. The van der Waals surface area contributed by atoms with Crippen LogP contribution in [0.1, 0.15) is 45.2 Å². The summed E-state index contributed by atoms with van der Waals surface area (Å²) in [6, 6.07) is 1.93. The van der Waals surface area contributed by atoms with Gasteiger partial charge in [-0.1, -0.05) is 0 Å². The Morgan fingerprint density at radius 3 is 2.75 bits per heavy atom. The summed E-state index contributed by atoms with van der Waals surface area (Å²) in [6.45, 7) is 6.75. The van der Waals surface area contributed by atoms with E-state index in [1.54, 1.807) is 15.8 Å². The maximum atomic E-state index is 13.1. The van der Waals surface area contributed by atoms with Crippen molar-refractivity contribution in [2.75, 3.05) is 32.9 Å². The fraction of sp³-hybridized carbons (Fsp3) is 0.789. The molecule has 2 saturated heterocycles. The largest absolute Gasteiger partial charge is 0.444 e. The van der Waals surface area contributed by atoms with Gasteiger partial charge in [0.05, 0.1) is 12.1 Å². The van der Waals surface area contributed by atoms with E-state index in [-0.39, 0.29) is 19.2 Å². The van der Waals surface area contributed by atoms with E-state index in [1.807, 2.05) is 33.9 Å². The van der Waals surface area contributed by atoms with Gasteiger partial charge in [-0.15, -0.1) is 0 Å². The van der Waals surface area contributed by atoms with Gasteiger partial charge in [0.25, 0.3) is 6.43 Å². The smallest absolute Gasteiger partial charge is 0.412 e. The highest BCUT2D eigenvalue weighted by molar-refractivity contribution is 5.68. The molecule has 0 aromatic carbocycles. The van der Waals surface area contributed by atoms with Crippen LogP contribution in [0.5, 0.6) is 0 Å². The predicted octanol–water partition coefficient (Wildman–Crippen LogP) is 2.83. The third-order valence-electron chi connectivity index (χ3n) is 5.30. The van der Waals surface area contributed by atoms with E-state index < -0.39 is 23.7 Å². The van der Waals surface area contributed by atoms with Crippen LogP contribution in [0.15, 0.2) is 12.3 Å². The maximum absolute atomic E-state index is 13.1. The van der Waals surface area contributed by atoms with Crippen molar-refractivity contribution in [3.63, 3.8) is 0 Å². The first-order valence-electron chi connectivity index (χ1n) is 9.67. The molecule has 28 heavy (non-hydrogen) atoms. The zero-order chi connectivity index (χ0) is 20.5. The van der Waals surface area contributed by atoms with Gasteiger partial charge in [0.2, 0.25) is 0 Å². The number of hydrogen-bond acceptors (Lipinski definition) is 5. The fourth-order valence-corrected chi connectivity index (χ4v) is 4.13. The predicted molar refractivity (Wildman–Crippen MR) is 99.3 cm³/mol. The number of amides is 1. The minimum atomic E-state index is -2.40. The number of hydrogen-bond donors (Lipinski definition) is 0. The number of likely N-dealkylation sites (tertiary alicyclic amines) is 1. The van der Waals surface area contributed by atoms with Gasteiger partial charge in [-0.3, -0.25) is 14.5 Å². The van der Waals surface area contributed by atoms with Crippen LogP contribution in [0, 0.1) is 0 Å². The van der Waals surface area contributed by atoms with Crippen molar-refractivity contribution < 1.29 is 23.0 Å². The van der Waals surface area contributed by atoms with Gasteiger partial charge >= 0.3 is 6.09 Å². The minimum Gasteiger partial charge on any atom is -0.444 e. The van der Waals surface area contributed by atoms with Crippen LogP contribution in [0.25, 0.3) is 0 Å². The first kappa shape index (κ1) is 21.0. The van der Waals surface area contributed by atoms with Gasteiger partial charge in [0.15, 0.2) is 0 Å². The summed E-state index contributed by atoms with van der Waals surface area (Å²) >= 11 is 0. The third kappa shape index (κ3) is 5.00. The molecule has 2 atom stereocenters. The monoisotopic (exact) mass is 400 g/mol. The molecule has 3 heterocycles. The molecule has 1 aromatic rings. The summed E-state index contributed by atoms with van der Waals surface area (Å²) < 4.78 is 39.5. The highest BCUT2D eigenvalue weighted by atomic mass is 19.3. The summed E-state index contributed by atoms with van der Waals surface area (Å²) in [5.41, 5.74) is -0.118. The molecule has 0 N–H and O–H groups in total. The lowest BCUT2D eigenvalue weighted by Crippen LogP contribution is -2.59. The van der Waals surface area contributed by atoms with Crippen LogP contribution in [0.4, 0.5) is 13.6 Å². The third-order valence-corrected chi connectivity index (χ3v) is 5.30. The molecule has 7 nitrogen and oxygen atoms in total. The zero-order valence-corrected chi connectivity index (χ0v) is 17.0. The molecule has 158 valence electrons. The van der Waals surface area contributed by atoms with Crippen molar-refractivity contribution in [2.45, 2.75) is 57.2 Å². The van der Waals surface area contributed by atoms with Crippen LogP contribution in [0.2, 0.25) is 0 Å². The van der Waals surface area contributed by atoms with E-state index >= 15 is 0 Å². The zero-order valence-electron chi connectivity index (χ0n) is 17.0. The van der Waals surface area contributed by atoms with Gasteiger partial charge in [0, 0.05) is 44.5 Å². The Kier molecular flexibility index (Phi) is 5.95.